The lowest BCUT2D eigenvalue weighted by Crippen LogP contribution is -2.35. The molecule has 0 aromatic heterocycles. The van der Waals surface area contributed by atoms with Crippen LogP contribution in [0.4, 0.5) is 21.9 Å². The minimum Gasteiger partial charge on any atom is -0.463 e. The van der Waals surface area contributed by atoms with Gasteiger partial charge in [-0.05, 0) is 55.7 Å². The molecule has 8 heteroatoms. The van der Waals surface area contributed by atoms with Gasteiger partial charge in [-0.1, -0.05) is 28.1 Å². The number of hydrogen-bond acceptors (Lipinski definition) is 4. The molecule has 2 amide bonds. The zero-order valence-corrected chi connectivity index (χ0v) is 17.0. The number of nitrogens with one attached hydrogen (secondary N) is 2. The highest BCUT2D eigenvalue weighted by Gasteiger charge is 2.18. The Balaban J connectivity index is 2.25. The monoisotopic (exact) mass is 444 g/mol. The van der Waals surface area contributed by atoms with Crippen molar-refractivity contribution in [3.05, 3.63) is 53.6 Å². The van der Waals surface area contributed by atoms with Crippen LogP contribution >= 0.6 is 15.9 Å². The van der Waals surface area contributed by atoms with Crippen molar-refractivity contribution in [1.29, 1.82) is 5.26 Å². The first kappa shape index (κ1) is 21.3. The molecule has 0 radical (unpaired) electrons. The first-order valence-electron chi connectivity index (χ1n) is 8.71. The molecule has 0 bridgehead atoms. The van der Waals surface area contributed by atoms with Crippen molar-refractivity contribution in [2.24, 2.45) is 0 Å². The maximum Gasteiger partial charge on any atom is 0.430 e. The van der Waals surface area contributed by atoms with Gasteiger partial charge in [-0.15, -0.1) is 0 Å². The number of para-hydroxylation sites is 1. The molecule has 0 saturated carbocycles. The summed E-state index contributed by atoms with van der Waals surface area (Å²) in [5.74, 6) is -0.130. The van der Waals surface area contributed by atoms with E-state index in [2.05, 4.69) is 26.7 Å². The Labute approximate surface area is 172 Å². The van der Waals surface area contributed by atoms with Gasteiger partial charge in [-0.25, -0.2) is 4.79 Å². The molecule has 0 spiro atoms. The quantitative estimate of drug-likeness (QED) is 0.305. The Bertz CT molecular complexity index is 878. The molecule has 0 atom stereocenters. The van der Waals surface area contributed by atoms with Crippen LogP contribution in [-0.4, -0.2) is 22.4 Å². The number of rotatable bonds is 8. The van der Waals surface area contributed by atoms with Gasteiger partial charge in [0.2, 0.25) is 5.91 Å². The average molecular weight is 445 g/mol. The van der Waals surface area contributed by atoms with Crippen LogP contribution in [0.5, 0.6) is 0 Å². The van der Waals surface area contributed by atoms with Crippen molar-refractivity contribution in [2.45, 2.75) is 26.2 Å². The summed E-state index contributed by atoms with van der Waals surface area (Å²) in [5.41, 5.74) is 5.42. The predicted molar refractivity (Wildman–Crippen MR) is 113 cm³/mol. The number of carbonyl (C=O) groups is 2. The van der Waals surface area contributed by atoms with Crippen LogP contribution in [-0.2, 0) is 4.79 Å². The number of benzene rings is 2. The molecule has 2 aromatic rings. The summed E-state index contributed by atoms with van der Waals surface area (Å²) < 4.78 is 0. The Kier molecular flexibility index (Phi) is 7.84. The molecule has 7 nitrogen and oxygen atoms in total. The van der Waals surface area contributed by atoms with Crippen LogP contribution in [0.1, 0.15) is 30.4 Å². The number of nitrogens with zero attached hydrogens (tertiary/aromatic N) is 2. The number of halogens is 1. The van der Waals surface area contributed by atoms with E-state index in [1.54, 1.807) is 12.1 Å². The van der Waals surface area contributed by atoms with Crippen molar-refractivity contribution in [2.75, 3.05) is 21.1 Å². The number of nitriles is 1. The molecule has 0 saturated heterocycles. The maximum absolute atomic E-state index is 12.2. The SMILES string of the molecule is Cc1cccc(NC(=O)CCCCBr)c1NN(C(=O)O)c1ccc(C#N)cc1. The fraction of sp³-hybridized carbons (Fsp3) is 0.250. The minimum absolute atomic E-state index is 0.130. The third-order valence-electron chi connectivity index (χ3n) is 4.00. The van der Waals surface area contributed by atoms with Crippen molar-refractivity contribution in [1.82, 2.24) is 0 Å². The molecule has 0 heterocycles. The van der Waals surface area contributed by atoms with Crippen LogP contribution in [0.2, 0.25) is 0 Å². The van der Waals surface area contributed by atoms with Crippen LogP contribution in [0.3, 0.4) is 0 Å². The van der Waals surface area contributed by atoms with Crippen LogP contribution < -0.4 is 15.8 Å². The van der Waals surface area contributed by atoms with E-state index < -0.39 is 6.09 Å². The number of carbonyl (C=O) groups excluding carboxylic acids is 1. The molecular formula is C20H21BrN4O3. The van der Waals surface area contributed by atoms with Crippen molar-refractivity contribution in [3.8, 4) is 6.07 Å². The van der Waals surface area contributed by atoms with Gasteiger partial charge in [0, 0.05) is 11.8 Å². The number of unbranched alkanes of at least 4 members (excludes halogenated alkanes) is 1. The van der Waals surface area contributed by atoms with Gasteiger partial charge in [-0.3, -0.25) is 10.2 Å². The number of hydrogen-bond donors (Lipinski definition) is 3. The highest BCUT2D eigenvalue weighted by Crippen LogP contribution is 2.28. The van der Waals surface area contributed by atoms with E-state index in [0.29, 0.717) is 29.0 Å². The smallest absolute Gasteiger partial charge is 0.430 e. The first-order valence-corrected chi connectivity index (χ1v) is 9.83. The normalized spacial score (nSPS) is 10.0. The molecule has 0 fully saturated rings. The van der Waals surface area contributed by atoms with Gasteiger partial charge in [0.25, 0.3) is 0 Å². The van der Waals surface area contributed by atoms with Gasteiger partial charge < -0.3 is 10.4 Å². The van der Waals surface area contributed by atoms with Crippen LogP contribution in [0, 0.1) is 18.3 Å². The topological polar surface area (TPSA) is 105 Å². The number of anilines is 3. The van der Waals surface area contributed by atoms with E-state index in [4.69, 9.17) is 5.26 Å². The second-order valence-electron chi connectivity index (χ2n) is 6.08. The number of carboxylic acid groups (broad SMARTS) is 1. The van der Waals surface area contributed by atoms with Crippen LogP contribution in [0.15, 0.2) is 42.5 Å². The van der Waals surface area contributed by atoms with E-state index in [0.717, 1.165) is 28.7 Å². The Hall–Kier alpha value is -3.05. The Morgan fingerprint density at radius 1 is 1.18 bits per heavy atom. The van der Waals surface area contributed by atoms with E-state index in [1.807, 2.05) is 19.1 Å². The van der Waals surface area contributed by atoms with Crippen molar-refractivity contribution >= 4 is 45.0 Å². The van der Waals surface area contributed by atoms with Gasteiger partial charge in [0.05, 0.1) is 28.7 Å². The van der Waals surface area contributed by atoms with Crippen LogP contribution in [0.25, 0.3) is 0 Å². The number of amides is 2. The summed E-state index contributed by atoms with van der Waals surface area (Å²) >= 11 is 3.34. The standard InChI is InChI=1S/C20H21BrN4O3/c1-14-5-4-6-17(23-18(26)7-2-3-12-21)19(14)24-25(20(27)28)16-10-8-15(13-22)9-11-16/h4-6,8-11,24H,2-3,7,12H2,1H3,(H,23,26)(H,27,28). The van der Waals surface area contributed by atoms with Gasteiger partial charge >= 0.3 is 6.09 Å². The Morgan fingerprint density at radius 3 is 2.50 bits per heavy atom. The molecule has 0 aliphatic carbocycles. The first-order chi connectivity index (χ1) is 13.5. The lowest BCUT2D eigenvalue weighted by molar-refractivity contribution is -0.116. The summed E-state index contributed by atoms with van der Waals surface area (Å²) in [6.45, 7) is 1.82. The molecule has 146 valence electrons. The zero-order chi connectivity index (χ0) is 20.5. The predicted octanol–water partition coefficient (Wildman–Crippen LogP) is 4.88. The third-order valence-corrected chi connectivity index (χ3v) is 4.56. The Morgan fingerprint density at radius 2 is 1.89 bits per heavy atom. The largest absolute Gasteiger partial charge is 0.463 e. The molecule has 0 aliphatic rings. The highest BCUT2D eigenvalue weighted by molar-refractivity contribution is 9.09. The maximum atomic E-state index is 12.2. The van der Waals surface area contributed by atoms with Crippen molar-refractivity contribution in [3.63, 3.8) is 0 Å². The summed E-state index contributed by atoms with van der Waals surface area (Å²) in [5, 5.41) is 23.2. The number of aryl methyl sites for hydroxylation is 1. The highest BCUT2D eigenvalue weighted by atomic mass is 79.9. The summed E-state index contributed by atoms with van der Waals surface area (Å²) in [4.78, 5) is 24.0. The molecule has 0 unspecified atom stereocenters. The van der Waals surface area contributed by atoms with Crippen molar-refractivity contribution < 1.29 is 14.7 Å². The van der Waals surface area contributed by atoms with Gasteiger partial charge in [0.1, 0.15) is 0 Å². The zero-order valence-electron chi connectivity index (χ0n) is 15.4. The van der Waals surface area contributed by atoms with Gasteiger partial charge in [0.15, 0.2) is 0 Å². The summed E-state index contributed by atoms with van der Waals surface area (Å²) in [6, 6.07) is 13.5. The second-order valence-corrected chi connectivity index (χ2v) is 6.87. The molecule has 28 heavy (non-hydrogen) atoms. The van der Waals surface area contributed by atoms with E-state index in [-0.39, 0.29) is 5.91 Å². The molecular weight excluding hydrogens is 424 g/mol. The minimum atomic E-state index is -1.22. The average Bonchev–Trinajstić information content (AvgIpc) is 2.68. The lowest BCUT2D eigenvalue weighted by atomic mass is 10.1. The molecule has 0 aliphatic heterocycles. The van der Waals surface area contributed by atoms with E-state index >= 15 is 0 Å². The molecule has 2 aromatic carbocycles. The summed E-state index contributed by atoms with van der Waals surface area (Å²) in [6.07, 6.45) is 0.829. The van der Waals surface area contributed by atoms with E-state index in [1.165, 1.54) is 24.3 Å². The van der Waals surface area contributed by atoms with E-state index in [9.17, 15) is 14.7 Å². The number of alkyl halides is 1. The number of hydrazine groups is 1. The lowest BCUT2D eigenvalue weighted by Gasteiger charge is -2.24. The fourth-order valence-electron chi connectivity index (χ4n) is 2.53. The third kappa shape index (κ3) is 5.72. The second kappa shape index (κ2) is 10.3. The van der Waals surface area contributed by atoms with Gasteiger partial charge in [-0.2, -0.15) is 10.3 Å². The molecule has 2 rings (SSSR count). The molecule has 3 N–H and O–H groups in total. The fourth-order valence-corrected chi connectivity index (χ4v) is 2.93. The summed E-state index contributed by atoms with van der Waals surface area (Å²) in [7, 11) is 0.